The second-order valence-corrected chi connectivity index (χ2v) is 3.01. The smallest absolute Gasteiger partial charge is 0.256 e. The van der Waals surface area contributed by atoms with Crippen LogP contribution in [0.1, 0.15) is 17.3 Å². The molecule has 0 fully saturated rings. The lowest BCUT2D eigenvalue weighted by Crippen LogP contribution is -2.21. The first-order chi connectivity index (χ1) is 7.13. The molecule has 0 saturated heterocycles. The number of aromatic nitrogens is 1. The van der Waals surface area contributed by atoms with Gasteiger partial charge in [0.2, 0.25) is 0 Å². The van der Waals surface area contributed by atoms with E-state index < -0.39 is 0 Å². The largest absolute Gasteiger partial charge is 0.384 e. The van der Waals surface area contributed by atoms with E-state index in [1.165, 1.54) is 6.20 Å². The van der Waals surface area contributed by atoms with Crippen LogP contribution in [0.5, 0.6) is 0 Å². The zero-order valence-corrected chi connectivity index (χ0v) is 8.53. The first-order valence-corrected chi connectivity index (χ1v) is 4.45. The van der Waals surface area contributed by atoms with Crippen molar-refractivity contribution in [2.45, 2.75) is 6.92 Å². The van der Waals surface area contributed by atoms with Gasteiger partial charge in [0, 0.05) is 11.9 Å². The number of allylic oxidation sites excluding steroid dienone is 3. The number of hydrogen-bond donors (Lipinski definition) is 2. The van der Waals surface area contributed by atoms with E-state index in [4.69, 9.17) is 5.73 Å². The fourth-order valence-electron chi connectivity index (χ4n) is 1.01. The molecular formula is C11H13N3O. The number of anilines is 1. The van der Waals surface area contributed by atoms with E-state index in [1.54, 1.807) is 31.2 Å². The fourth-order valence-corrected chi connectivity index (χ4v) is 1.01. The molecule has 0 aliphatic heterocycles. The van der Waals surface area contributed by atoms with Crippen LogP contribution in [-0.4, -0.2) is 10.9 Å². The maximum Gasteiger partial charge on any atom is 0.256 e. The summed E-state index contributed by atoms with van der Waals surface area (Å²) in [6.45, 7) is 5.32. The van der Waals surface area contributed by atoms with E-state index in [-0.39, 0.29) is 5.91 Å². The number of rotatable bonds is 3. The standard InChI is InChI=1S/C11H13N3O/c1-3-4-8(2)14-11(15)9-5-6-10(12)13-7-9/h3-7H,1H2,2H3,(H2,12,13)(H,14,15). The number of nitrogens with one attached hydrogen (secondary N) is 1. The van der Waals surface area contributed by atoms with Gasteiger partial charge >= 0.3 is 0 Å². The molecule has 0 unspecified atom stereocenters. The van der Waals surface area contributed by atoms with E-state index in [0.717, 1.165) is 5.70 Å². The summed E-state index contributed by atoms with van der Waals surface area (Å²) < 4.78 is 0. The van der Waals surface area contributed by atoms with Crippen molar-refractivity contribution < 1.29 is 4.79 Å². The first-order valence-electron chi connectivity index (χ1n) is 4.45. The average Bonchev–Trinajstić information content (AvgIpc) is 2.18. The Morgan fingerprint density at radius 1 is 1.60 bits per heavy atom. The van der Waals surface area contributed by atoms with Gasteiger partial charge in [0.1, 0.15) is 5.82 Å². The van der Waals surface area contributed by atoms with Gasteiger partial charge in [-0.25, -0.2) is 4.98 Å². The highest BCUT2D eigenvalue weighted by Gasteiger charge is 2.04. The van der Waals surface area contributed by atoms with Crippen molar-refractivity contribution in [3.63, 3.8) is 0 Å². The molecule has 0 aromatic carbocycles. The molecule has 15 heavy (non-hydrogen) atoms. The van der Waals surface area contributed by atoms with Crippen LogP contribution in [0, 0.1) is 0 Å². The molecule has 1 heterocycles. The summed E-state index contributed by atoms with van der Waals surface area (Å²) >= 11 is 0. The lowest BCUT2D eigenvalue weighted by Gasteiger charge is -2.04. The van der Waals surface area contributed by atoms with Gasteiger partial charge in [0.05, 0.1) is 5.56 Å². The van der Waals surface area contributed by atoms with Crippen LogP contribution >= 0.6 is 0 Å². The minimum atomic E-state index is -0.210. The maximum atomic E-state index is 11.6. The summed E-state index contributed by atoms with van der Waals surface area (Å²) in [6, 6.07) is 3.21. The van der Waals surface area contributed by atoms with Crippen LogP contribution < -0.4 is 11.1 Å². The van der Waals surface area contributed by atoms with Crippen LogP contribution in [0.3, 0.4) is 0 Å². The summed E-state index contributed by atoms with van der Waals surface area (Å²) in [5, 5.41) is 2.69. The number of carbonyl (C=O) groups is 1. The molecular weight excluding hydrogens is 190 g/mol. The third kappa shape index (κ3) is 3.27. The predicted octanol–water partition coefficient (Wildman–Crippen LogP) is 1.48. The van der Waals surface area contributed by atoms with E-state index in [2.05, 4.69) is 16.9 Å². The molecule has 0 spiro atoms. The van der Waals surface area contributed by atoms with Gasteiger partial charge in [-0.1, -0.05) is 12.7 Å². The normalized spacial score (nSPS) is 10.9. The summed E-state index contributed by atoms with van der Waals surface area (Å²) in [4.78, 5) is 15.4. The number of hydrogen-bond acceptors (Lipinski definition) is 3. The van der Waals surface area contributed by atoms with Gasteiger partial charge in [-0.05, 0) is 25.1 Å². The third-order valence-corrected chi connectivity index (χ3v) is 1.73. The Morgan fingerprint density at radius 3 is 2.87 bits per heavy atom. The molecule has 0 radical (unpaired) electrons. The second-order valence-electron chi connectivity index (χ2n) is 3.01. The monoisotopic (exact) mass is 203 g/mol. The predicted molar refractivity (Wildman–Crippen MR) is 60.1 cm³/mol. The van der Waals surface area contributed by atoms with Crippen LogP contribution in [0.4, 0.5) is 5.82 Å². The summed E-state index contributed by atoms with van der Waals surface area (Å²) in [7, 11) is 0. The molecule has 1 aromatic rings. The molecule has 4 heteroatoms. The number of nitrogens with two attached hydrogens (primary N) is 1. The van der Waals surface area contributed by atoms with E-state index in [9.17, 15) is 4.79 Å². The Labute approximate surface area is 88.5 Å². The van der Waals surface area contributed by atoms with Crippen molar-refractivity contribution in [1.82, 2.24) is 10.3 Å². The van der Waals surface area contributed by atoms with Crippen molar-refractivity contribution in [2.75, 3.05) is 5.73 Å². The Bertz CT molecular complexity index is 393. The highest BCUT2D eigenvalue weighted by molar-refractivity contribution is 5.95. The van der Waals surface area contributed by atoms with Crippen LogP contribution in [-0.2, 0) is 0 Å². The van der Waals surface area contributed by atoms with Crippen molar-refractivity contribution in [1.29, 1.82) is 0 Å². The van der Waals surface area contributed by atoms with E-state index in [0.29, 0.717) is 11.4 Å². The van der Waals surface area contributed by atoms with Crippen molar-refractivity contribution in [3.05, 3.63) is 48.3 Å². The zero-order chi connectivity index (χ0) is 11.3. The average molecular weight is 203 g/mol. The van der Waals surface area contributed by atoms with Gasteiger partial charge in [0.25, 0.3) is 5.91 Å². The summed E-state index contributed by atoms with van der Waals surface area (Å²) in [5.74, 6) is 0.183. The molecule has 78 valence electrons. The molecule has 0 bridgehead atoms. The van der Waals surface area contributed by atoms with Crippen molar-refractivity contribution in [2.24, 2.45) is 0 Å². The van der Waals surface area contributed by atoms with E-state index in [1.807, 2.05) is 0 Å². The van der Waals surface area contributed by atoms with Gasteiger partial charge in [-0.2, -0.15) is 0 Å². The van der Waals surface area contributed by atoms with Crippen LogP contribution in [0.25, 0.3) is 0 Å². The Morgan fingerprint density at radius 2 is 2.33 bits per heavy atom. The topological polar surface area (TPSA) is 68.0 Å². The lowest BCUT2D eigenvalue weighted by atomic mass is 10.2. The maximum absolute atomic E-state index is 11.6. The molecule has 0 aliphatic carbocycles. The highest BCUT2D eigenvalue weighted by atomic mass is 16.1. The number of carbonyl (C=O) groups excluding carboxylic acids is 1. The molecule has 0 saturated carbocycles. The van der Waals surface area contributed by atoms with Crippen LogP contribution in [0.15, 0.2) is 42.8 Å². The highest BCUT2D eigenvalue weighted by Crippen LogP contribution is 2.02. The molecule has 0 aliphatic rings. The number of nitrogens with zero attached hydrogens (tertiary/aromatic N) is 1. The zero-order valence-electron chi connectivity index (χ0n) is 8.53. The van der Waals surface area contributed by atoms with Gasteiger partial charge in [-0.15, -0.1) is 0 Å². The minimum Gasteiger partial charge on any atom is -0.384 e. The number of nitrogen functional groups attached to an aromatic ring is 1. The third-order valence-electron chi connectivity index (χ3n) is 1.73. The summed E-state index contributed by atoms with van der Waals surface area (Å²) in [5.41, 5.74) is 6.61. The minimum absolute atomic E-state index is 0.210. The Balaban J connectivity index is 2.73. The van der Waals surface area contributed by atoms with Gasteiger partial charge < -0.3 is 11.1 Å². The van der Waals surface area contributed by atoms with Crippen molar-refractivity contribution >= 4 is 11.7 Å². The fraction of sp³-hybridized carbons (Fsp3) is 0.0909. The molecule has 4 nitrogen and oxygen atoms in total. The second kappa shape index (κ2) is 4.95. The Kier molecular flexibility index (Phi) is 3.62. The molecule has 1 aromatic heterocycles. The van der Waals surface area contributed by atoms with Gasteiger partial charge in [-0.3, -0.25) is 4.79 Å². The molecule has 3 N–H and O–H groups in total. The number of pyridine rings is 1. The Hall–Kier alpha value is -2.10. The number of amides is 1. The molecule has 1 rings (SSSR count). The molecule has 1 amide bonds. The molecule has 0 atom stereocenters. The quantitative estimate of drug-likeness (QED) is 0.731. The summed E-state index contributed by atoms with van der Waals surface area (Å²) in [6.07, 6.45) is 4.76. The first kappa shape index (κ1) is 11.0. The van der Waals surface area contributed by atoms with E-state index >= 15 is 0 Å². The van der Waals surface area contributed by atoms with Crippen LogP contribution in [0.2, 0.25) is 0 Å². The lowest BCUT2D eigenvalue weighted by molar-refractivity contribution is 0.0965. The van der Waals surface area contributed by atoms with Crippen molar-refractivity contribution in [3.8, 4) is 0 Å². The SMILES string of the molecule is C=CC=C(C)NC(=O)c1ccc(N)nc1. The van der Waals surface area contributed by atoms with Gasteiger partial charge in [0.15, 0.2) is 0 Å².